The van der Waals surface area contributed by atoms with E-state index < -0.39 is 12.2 Å². The van der Waals surface area contributed by atoms with E-state index in [-0.39, 0.29) is 25.4 Å². The predicted octanol–water partition coefficient (Wildman–Crippen LogP) is 1.70. The highest BCUT2D eigenvalue weighted by Gasteiger charge is 2.35. The van der Waals surface area contributed by atoms with Gasteiger partial charge in [0, 0.05) is 19.0 Å². The van der Waals surface area contributed by atoms with Gasteiger partial charge in [0.05, 0.1) is 19.2 Å². The average Bonchev–Trinajstić information content (AvgIpc) is 3.03. The molecule has 1 aromatic rings. The van der Waals surface area contributed by atoms with E-state index in [4.69, 9.17) is 5.26 Å². The van der Waals surface area contributed by atoms with E-state index in [2.05, 4.69) is 34.5 Å². The zero-order valence-corrected chi connectivity index (χ0v) is 14.4. The molecule has 1 amide bonds. The standard InChI is InChI=1S/C19H25FN4O/c20-16-10-18(11-21)24(14-16)19(25)12-22-17-6-8-23(9-7-17)13-15-4-2-1-3-5-15/h1-5,16-18,22H,6-10,12-14H2. The van der Waals surface area contributed by atoms with Crippen LogP contribution in [0.4, 0.5) is 4.39 Å². The quantitative estimate of drug-likeness (QED) is 0.883. The first-order valence-corrected chi connectivity index (χ1v) is 8.98. The number of likely N-dealkylation sites (tertiary alicyclic amines) is 2. The van der Waals surface area contributed by atoms with Crippen LogP contribution >= 0.6 is 0 Å². The first kappa shape index (κ1) is 17.8. The molecule has 2 aliphatic heterocycles. The molecule has 0 bridgehead atoms. The maximum Gasteiger partial charge on any atom is 0.237 e. The SMILES string of the molecule is N#CC1CC(F)CN1C(=O)CNC1CCN(Cc2ccccc2)CC1. The largest absolute Gasteiger partial charge is 0.323 e. The molecule has 2 saturated heterocycles. The first-order valence-electron chi connectivity index (χ1n) is 8.98. The summed E-state index contributed by atoms with van der Waals surface area (Å²) in [5.41, 5.74) is 1.32. The van der Waals surface area contributed by atoms with E-state index in [1.165, 1.54) is 10.5 Å². The summed E-state index contributed by atoms with van der Waals surface area (Å²) in [6, 6.07) is 12.1. The van der Waals surface area contributed by atoms with Crippen LogP contribution in [0, 0.1) is 11.3 Å². The minimum atomic E-state index is -1.07. The van der Waals surface area contributed by atoms with Gasteiger partial charge in [0.1, 0.15) is 12.2 Å². The number of carbonyl (C=O) groups is 1. The second kappa shape index (κ2) is 8.41. The Morgan fingerprint density at radius 1 is 1.28 bits per heavy atom. The lowest BCUT2D eigenvalue weighted by atomic mass is 10.0. The van der Waals surface area contributed by atoms with Crippen molar-refractivity contribution in [2.24, 2.45) is 0 Å². The molecule has 2 fully saturated rings. The van der Waals surface area contributed by atoms with E-state index >= 15 is 0 Å². The number of benzene rings is 1. The Kier molecular flexibility index (Phi) is 6.00. The summed E-state index contributed by atoms with van der Waals surface area (Å²) in [5, 5.41) is 12.3. The number of halogens is 1. The Bertz CT molecular complexity index is 610. The number of hydrogen-bond donors (Lipinski definition) is 1. The summed E-state index contributed by atoms with van der Waals surface area (Å²) in [4.78, 5) is 16.0. The zero-order chi connectivity index (χ0) is 17.6. The van der Waals surface area contributed by atoms with Crippen LogP contribution in [-0.4, -0.2) is 60.1 Å². The normalized spacial score (nSPS) is 25.0. The van der Waals surface area contributed by atoms with Gasteiger partial charge in [-0.2, -0.15) is 5.26 Å². The molecule has 6 heteroatoms. The fourth-order valence-electron chi connectivity index (χ4n) is 3.65. The molecule has 3 rings (SSSR count). The summed E-state index contributed by atoms with van der Waals surface area (Å²) in [6.07, 6.45) is 1.05. The summed E-state index contributed by atoms with van der Waals surface area (Å²) >= 11 is 0. The van der Waals surface area contributed by atoms with Gasteiger partial charge < -0.3 is 10.2 Å². The maximum atomic E-state index is 13.4. The fraction of sp³-hybridized carbons (Fsp3) is 0.579. The number of rotatable bonds is 5. The Balaban J connectivity index is 1.39. The van der Waals surface area contributed by atoms with Gasteiger partial charge in [0.15, 0.2) is 0 Å². The van der Waals surface area contributed by atoms with Crippen molar-refractivity contribution >= 4 is 5.91 Å². The molecule has 0 aliphatic carbocycles. The summed E-state index contributed by atoms with van der Waals surface area (Å²) < 4.78 is 13.4. The molecule has 1 aromatic carbocycles. The molecular formula is C19H25FN4O. The van der Waals surface area contributed by atoms with E-state index in [1.807, 2.05) is 12.1 Å². The molecule has 2 aliphatic rings. The number of amides is 1. The molecule has 134 valence electrons. The second-order valence-electron chi connectivity index (χ2n) is 6.94. The van der Waals surface area contributed by atoms with Crippen molar-refractivity contribution in [3.63, 3.8) is 0 Å². The predicted molar refractivity (Wildman–Crippen MR) is 93.4 cm³/mol. The molecule has 25 heavy (non-hydrogen) atoms. The summed E-state index contributed by atoms with van der Waals surface area (Å²) in [5.74, 6) is -0.168. The second-order valence-corrected chi connectivity index (χ2v) is 6.94. The lowest BCUT2D eigenvalue weighted by Gasteiger charge is -2.32. The topological polar surface area (TPSA) is 59.4 Å². The van der Waals surface area contributed by atoms with Crippen LogP contribution in [0.15, 0.2) is 30.3 Å². The molecular weight excluding hydrogens is 319 g/mol. The van der Waals surface area contributed by atoms with Crippen LogP contribution in [-0.2, 0) is 11.3 Å². The van der Waals surface area contributed by atoms with E-state index in [9.17, 15) is 9.18 Å². The van der Waals surface area contributed by atoms with Crippen molar-refractivity contribution < 1.29 is 9.18 Å². The molecule has 2 heterocycles. The van der Waals surface area contributed by atoms with Crippen molar-refractivity contribution in [3.05, 3.63) is 35.9 Å². The van der Waals surface area contributed by atoms with Crippen molar-refractivity contribution in [2.45, 2.75) is 44.1 Å². The van der Waals surface area contributed by atoms with Gasteiger partial charge in [-0.15, -0.1) is 0 Å². The van der Waals surface area contributed by atoms with Crippen LogP contribution < -0.4 is 5.32 Å². The summed E-state index contributed by atoms with van der Waals surface area (Å²) in [7, 11) is 0. The number of nitrogens with one attached hydrogen (secondary N) is 1. The lowest BCUT2D eigenvalue weighted by Crippen LogP contribution is -2.47. The third-order valence-corrected chi connectivity index (χ3v) is 5.10. The molecule has 0 spiro atoms. The third kappa shape index (κ3) is 4.77. The lowest BCUT2D eigenvalue weighted by molar-refractivity contribution is -0.130. The van der Waals surface area contributed by atoms with Crippen molar-refractivity contribution in [3.8, 4) is 6.07 Å². The molecule has 2 atom stereocenters. The van der Waals surface area contributed by atoms with Crippen LogP contribution in [0.3, 0.4) is 0 Å². The van der Waals surface area contributed by atoms with Crippen LogP contribution in [0.2, 0.25) is 0 Å². The molecule has 0 aromatic heterocycles. The highest BCUT2D eigenvalue weighted by Crippen LogP contribution is 2.20. The van der Waals surface area contributed by atoms with E-state index in [0.717, 1.165) is 32.5 Å². The Morgan fingerprint density at radius 2 is 2.00 bits per heavy atom. The van der Waals surface area contributed by atoms with Gasteiger partial charge in [-0.3, -0.25) is 9.69 Å². The summed E-state index contributed by atoms with van der Waals surface area (Å²) in [6.45, 7) is 3.19. The van der Waals surface area contributed by atoms with E-state index in [1.54, 1.807) is 0 Å². The van der Waals surface area contributed by atoms with Crippen LogP contribution in [0.5, 0.6) is 0 Å². The first-order chi connectivity index (χ1) is 12.2. The van der Waals surface area contributed by atoms with Crippen molar-refractivity contribution in [1.29, 1.82) is 5.26 Å². The molecule has 0 radical (unpaired) electrons. The average molecular weight is 344 g/mol. The van der Waals surface area contributed by atoms with Gasteiger partial charge in [-0.25, -0.2) is 4.39 Å². The van der Waals surface area contributed by atoms with Gasteiger partial charge >= 0.3 is 0 Å². The number of nitrogens with zero attached hydrogens (tertiary/aromatic N) is 3. The highest BCUT2D eigenvalue weighted by atomic mass is 19.1. The van der Waals surface area contributed by atoms with Gasteiger partial charge in [0.25, 0.3) is 0 Å². The number of carbonyl (C=O) groups excluding carboxylic acids is 1. The Morgan fingerprint density at radius 3 is 2.68 bits per heavy atom. The number of piperidine rings is 1. The van der Waals surface area contributed by atoms with Crippen molar-refractivity contribution in [1.82, 2.24) is 15.1 Å². The van der Waals surface area contributed by atoms with Gasteiger partial charge in [-0.05, 0) is 31.5 Å². The maximum absolute atomic E-state index is 13.4. The minimum Gasteiger partial charge on any atom is -0.323 e. The monoisotopic (exact) mass is 344 g/mol. The minimum absolute atomic E-state index is 0.0499. The fourth-order valence-corrected chi connectivity index (χ4v) is 3.65. The Labute approximate surface area is 148 Å². The van der Waals surface area contributed by atoms with Gasteiger partial charge in [0.2, 0.25) is 5.91 Å². The highest BCUT2D eigenvalue weighted by molar-refractivity contribution is 5.79. The van der Waals surface area contributed by atoms with Crippen LogP contribution in [0.25, 0.3) is 0 Å². The number of nitriles is 1. The third-order valence-electron chi connectivity index (χ3n) is 5.10. The van der Waals surface area contributed by atoms with Gasteiger partial charge in [-0.1, -0.05) is 30.3 Å². The number of alkyl halides is 1. The zero-order valence-electron chi connectivity index (χ0n) is 14.4. The molecule has 5 nitrogen and oxygen atoms in total. The molecule has 0 saturated carbocycles. The van der Waals surface area contributed by atoms with E-state index in [0.29, 0.717) is 6.04 Å². The molecule has 2 unspecified atom stereocenters. The Hall–Kier alpha value is -1.97. The van der Waals surface area contributed by atoms with Crippen molar-refractivity contribution in [2.75, 3.05) is 26.2 Å². The number of hydrogen-bond acceptors (Lipinski definition) is 4. The smallest absolute Gasteiger partial charge is 0.237 e. The van der Waals surface area contributed by atoms with Crippen LogP contribution in [0.1, 0.15) is 24.8 Å². The molecule has 1 N–H and O–H groups in total.